The molecular formula is C22H16F2N4O4. The number of fused-ring (bicyclic) bond motifs is 1. The lowest BCUT2D eigenvalue weighted by atomic mass is 10.0. The van der Waals surface area contributed by atoms with E-state index >= 15 is 0 Å². The number of hydrogen-bond acceptors (Lipinski definition) is 5. The highest BCUT2D eigenvalue weighted by atomic mass is 19.1. The molecule has 1 fully saturated rings. The predicted molar refractivity (Wildman–Crippen MR) is 105 cm³/mol. The van der Waals surface area contributed by atoms with E-state index in [1.54, 1.807) is 18.2 Å². The van der Waals surface area contributed by atoms with Gasteiger partial charge in [0.25, 0.3) is 11.8 Å². The average Bonchev–Trinajstić information content (AvgIpc) is 3.07. The molecule has 0 radical (unpaired) electrons. The minimum atomic E-state index is -1.10. The van der Waals surface area contributed by atoms with Gasteiger partial charge in [0, 0.05) is 37.2 Å². The van der Waals surface area contributed by atoms with Crippen molar-refractivity contribution in [2.75, 3.05) is 0 Å². The molecule has 1 unspecified atom stereocenters. The smallest absolute Gasteiger partial charge is 0.296 e. The summed E-state index contributed by atoms with van der Waals surface area (Å²) in [5.41, 5.74) is 1.23. The number of nitrogens with one attached hydrogen (secondary N) is 2. The summed E-state index contributed by atoms with van der Waals surface area (Å²) in [6.07, 6.45) is 1.39. The first-order valence-corrected chi connectivity index (χ1v) is 9.70. The number of nitrogens with zero attached hydrogens (tertiary/aromatic N) is 2. The van der Waals surface area contributed by atoms with Crippen LogP contribution in [-0.2, 0) is 27.5 Å². The Morgan fingerprint density at radius 2 is 2.06 bits per heavy atom. The first-order valence-electron chi connectivity index (χ1n) is 9.70. The normalized spacial score (nSPS) is 17.4. The third-order valence-corrected chi connectivity index (χ3v) is 5.20. The van der Waals surface area contributed by atoms with Crippen molar-refractivity contribution in [2.45, 2.75) is 32.0 Å². The van der Waals surface area contributed by atoms with Crippen molar-refractivity contribution >= 4 is 23.6 Å². The SMILES string of the molecule is O=C(C#Cc1c(F)ccnc1F)NCc1ccc2c(c1)CN(C1CCC(=O)NC1=O)C2=O. The Kier molecular flexibility index (Phi) is 5.64. The summed E-state index contributed by atoms with van der Waals surface area (Å²) in [4.78, 5) is 52.8. The molecule has 162 valence electrons. The van der Waals surface area contributed by atoms with Gasteiger partial charge in [0.05, 0.1) is 0 Å². The molecule has 32 heavy (non-hydrogen) atoms. The largest absolute Gasteiger partial charge is 0.341 e. The molecular weight excluding hydrogens is 422 g/mol. The number of carbonyl (C=O) groups excluding carboxylic acids is 4. The molecule has 4 rings (SSSR count). The van der Waals surface area contributed by atoms with E-state index in [0.717, 1.165) is 12.3 Å². The maximum Gasteiger partial charge on any atom is 0.296 e. The van der Waals surface area contributed by atoms with E-state index in [9.17, 15) is 28.0 Å². The van der Waals surface area contributed by atoms with E-state index < -0.39 is 35.2 Å². The second-order valence-corrected chi connectivity index (χ2v) is 7.28. The maximum absolute atomic E-state index is 13.5. The van der Waals surface area contributed by atoms with Gasteiger partial charge in [0.15, 0.2) is 0 Å². The first-order chi connectivity index (χ1) is 15.3. The van der Waals surface area contributed by atoms with Gasteiger partial charge in [-0.05, 0) is 35.6 Å². The third kappa shape index (κ3) is 4.18. The van der Waals surface area contributed by atoms with Crippen molar-refractivity contribution < 1.29 is 28.0 Å². The van der Waals surface area contributed by atoms with Crippen LogP contribution in [0.15, 0.2) is 30.5 Å². The van der Waals surface area contributed by atoms with Crippen LogP contribution in [0.2, 0.25) is 0 Å². The van der Waals surface area contributed by atoms with Crippen LogP contribution >= 0.6 is 0 Å². The summed E-state index contributed by atoms with van der Waals surface area (Å²) >= 11 is 0. The highest BCUT2D eigenvalue weighted by molar-refractivity contribution is 6.05. The Balaban J connectivity index is 1.41. The fourth-order valence-electron chi connectivity index (χ4n) is 3.61. The van der Waals surface area contributed by atoms with Crippen molar-refractivity contribution in [3.63, 3.8) is 0 Å². The summed E-state index contributed by atoms with van der Waals surface area (Å²) < 4.78 is 27.0. The zero-order valence-corrected chi connectivity index (χ0v) is 16.6. The van der Waals surface area contributed by atoms with Gasteiger partial charge in [-0.1, -0.05) is 12.1 Å². The Morgan fingerprint density at radius 3 is 2.81 bits per heavy atom. The van der Waals surface area contributed by atoms with Gasteiger partial charge in [-0.15, -0.1) is 0 Å². The number of imide groups is 1. The zero-order chi connectivity index (χ0) is 22.8. The summed E-state index contributed by atoms with van der Waals surface area (Å²) in [7, 11) is 0. The molecule has 1 aromatic carbocycles. The molecule has 2 N–H and O–H groups in total. The lowest BCUT2D eigenvalue weighted by molar-refractivity contribution is -0.137. The molecule has 0 spiro atoms. The Labute approximate surface area is 181 Å². The molecule has 3 heterocycles. The van der Waals surface area contributed by atoms with Crippen LogP contribution < -0.4 is 10.6 Å². The fraction of sp³-hybridized carbons (Fsp3) is 0.227. The van der Waals surface area contributed by atoms with E-state index in [-0.39, 0.29) is 37.7 Å². The van der Waals surface area contributed by atoms with Crippen LogP contribution in [0.1, 0.15) is 39.9 Å². The number of halogens is 2. The van der Waals surface area contributed by atoms with Crippen LogP contribution in [0, 0.1) is 23.6 Å². The highest BCUT2D eigenvalue weighted by Gasteiger charge is 2.39. The number of aromatic nitrogens is 1. The molecule has 2 aliphatic rings. The summed E-state index contributed by atoms with van der Waals surface area (Å²) in [6, 6.07) is 5.22. The van der Waals surface area contributed by atoms with Gasteiger partial charge < -0.3 is 10.2 Å². The maximum atomic E-state index is 13.5. The molecule has 0 aliphatic carbocycles. The minimum Gasteiger partial charge on any atom is -0.341 e. The van der Waals surface area contributed by atoms with E-state index in [1.165, 1.54) is 4.90 Å². The van der Waals surface area contributed by atoms with Gasteiger partial charge >= 0.3 is 0 Å². The number of pyridine rings is 1. The Bertz CT molecular complexity index is 1200. The van der Waals surface area contributed by atoms with Crippen molar-refractivity contribution in [1.29, 1.82) is 0 Å². The molecule has 8 nitrogen and oxygen atoms in total. The monoisotopic (exact) mass is 438 g/mol. The molecule has 4 amide bonds. The van der Waals surface area contributed by atoms with Crippen molar-refractivity contribution in [3.05, 3.63) is 64.5 Å². The standard InChI is InChI=1S/C22H16F2N4O4/c23-16-7-8-25-20(24)15(16)3-5-18(29)26-10-12-1-2-14-13(9-12)11-28(22(14)32)17-4-6-19(30)27-21(17)31/h1-2,7-9,17H,4,6,10-11H2,(H,26,29)(H,27,30,31). The number of amides is 4. The van der Waals surface area contributed by atoms with Crippen LogP contribution in [0.4, 0.5) is 8.78 Å². The van der Waals surface area contributed by atoms with Gasteiger partial charge in [-0.25, -0.2) is 9.37 Å². The topological polar surface area (TPSA) is 108 Å². The van der Waals surface area contributed by atoms with Crippen LogP contribution in [0.25, 0.3) is 0 Å². The zero-order valence-electron chi connectivity index (χ0n) is 16.6. The number of carbonyl (C=O) groups is 4. The molecule has 1 saturated heterocycles. The Morgan fingerprint density at radius 1 is 1.25 bits per heavy atom. The minimum absolute atomic E-state index is 0.0748. The molecule has 1 atom stereocenters. The van der Waals surface area contributed by atoms with E-state index in [4.69, 9.17) is 0 Å². The van der Waals surface area contributed by atoms with Crippen LogP contribution in [-0.4, -0.2) is 39.6 Å². The van der Waals surface area contributed by atoms with Gasteiger partial charge in [-0.2, -0.15) is 4.39 Å². The quantitative estimate of drug-likeness (QED) is 0.419. The van der Waals surface area contributed by atoms with Crippen molar-refractivity contribution in [2.24, 2.45) is 0 Å². The van der Waals surface area contributed by atoms with E-state index in [0.29, 0.717) is 16.7 Å². The molecule has 10 heteroatoms. The highest BCUT2D eigenvalue weighted by Crippen LogP contribution is 2.28. The van der Waals surface area contributed by atoms with E-state index in [1.807, 2.05) is 0 Å². The van der Waals surface area contributed by atoms with Crippen molar-refractivity contribution in [3.8, 4) is 11.8 Å². The summed E-state index contributed by atoms with van der Waals surface area (Å²) in [5, 5.41) is 4.76. The molecule has 0 saturated carbocycles. The van der Waals surface area contributed by atoms with Crippen molar-refractivity contribution in [1.82, 2.24) is 20.5 Å². The number of piperidine rings is 1. The predicted octanol–water partition coefficient (Wildman–Crippen LogP) is 0.789. The van der Waals surface area contributed by atoms with Gasteiger partial charge in [-0.3, -0.25) is 24.5 Å². The fourth-order valence-corrected chi connectivity index (χ4v) is 3.61. The second-order valence-electron chi connectivity index (χ2n) is 7.28. The molecule has 1 aromatic heterocycles. The second kappa shape index (κ2) is 8.55. The van der Waals surface area contributed by atoms with Crippen LogP contribution in [0.5, 0.6) is 0 Å². The van der Waals surface area contributed by atoms with E-state index in [2.05, 4.69) is 27.5 Å². The van der Waals surface area contributed by atoms with Crippen LogP contribution in [0.3, 0.4) is 0 Å². The lowest BCUT2D eigenvalue weighted by Crippen LogP contribution is -2.52. The lowest BCUT2D eigenvalue weighted by Gasteiger charge is -2.29. The number of benzene rings is 1. The third-order valence-electron chi connectivity index (χ3n) is 5.20. The molecule has 2 aliphatic heterocycles. The first kappa shape index (κ1) is 21.1. The number of hydrogen-bond donors (Lipinski definition) is 2. The average molecular weight is 438 g/mol. The molecule has 2 aromatic rings. The Hall–Kier alpha value is -4.13. The van der Waals surface area contributed by atoms with Gasteiger partial charge in [0.1, 0.15) is 17.4 Å². The summed E-state index contributed by atoms with van der Waals surface area (Å²) in [6.45, 7) is 0.285. The number of rotatable bonds is 3. The van der Waals surface area contributed by atoms with Gasteiger partial charge in [0.2, 0.25) is 17.8 Å². The summed E-state index contributed by atoms with van der Waals surface area (Å²) in [5.74, 6) is 0.340. The molecule has 0 bridgehead atoms.